The van der Waals surface area contributed by atoms with Crippen molar-refractivity contribution in [2.24, 2.45) is 0 Å². The van der Waals surface area contributed by atoms with Gasteiger partial charge < -0.3 is 0 Å². The fourth-order valence-electron chi connectivity index (χ4n) is 7.28. The van der Waals surface area contributed by atoms with Gasteiger partial charge in [0, 0.05) is 34.5 Å². The monoisotopic (exact) mass is 628 g/mol. The van der Waals surface area contributed by atoms with Crippen LogP contribution in [0.3, 0.4) is 0 Å². The molecule has 0 spiro atoms. The highest BCUT2D eigenvalue weighted by Gasteiger charge is 2.38. The molecule has 9 rings (SSSR count). The summed E-state index contributed by atoms with van der Waals surface area (Å²) in [5, 5.41) is 2.47. The van der Waals surface area contributed by atoms with Gasteiger partial charge >= 0.3 is 0 Å². The van der Waals surface area contributed by atoms with Crippen molar-refractivity contribution in [3.05, 3.63) is 169 Å². The van der Waals surface area contributed by atoms with Gasteiger partial charge in [0.2, 0.25) is 0 Å². The van der Waals surface area contributed by atoms with Gasteiger partial charge in [-0.1, -0.05) is 153 Å². The van der Waals surface area contributed by atoms with Crippen LogP contribution in [0, 0.1) is 0 Å². The Hall–Kier alpha value is -6.26. The number of hydrogen-bond acceptors (Lipinski definition) is 4. The molecule has 0 N–H and O–H groups in total. The Morgan fingerprint density at radius 3 is 1.67 bits per heavy atom. The smallest absolute Gasteiger partial charge is 0.164 e. The molecule has 0 aliphatic heterocycles. The maximum Gasteiger partial charge on any atom is 0.164 e. The van der Waals surface area contributed by atoms with Gasteiger partial charge in [0.1, 0.15) is 0 Å². The minimum Gasteiger partial charge on any atom is -0.264 e. The van der Waals surface area contributed by atoms with Crippen molar-refractivity contribution in [1.82, 2.24) is 19.9 Å². The van der Waals surface area contributed by atoms with E-state index >= 15 is 0 Å². The second kappa shape index (κ2) is 11.5. The quantitative estimate of drug-likeness (QED) is 0.190. The molecule has 0 atom stereocenters. The number of fused-ring (bicyclic) bond motifs is 5. The average Bonchev–Trinajstić information content (AvgIpc) is 3.42. The standard InChI is InChI=1S/C45H32N4/c1-45(2)38-16-8-15-37(41(38)40-36-14-7-6-12-32(36)25-26-39(40)45)44-48-42(33-21-17-30(18-22-33)29-10-4-3-5-11-29)47-43(49-44)34-23-19-31(20-24-34)35-13-9-27-46-28-35/h3-28H,1-2H3. The predicted molar refractivity (Wildman–Crippen MR) is 200 cm³/mol. The minimum absolute atomic E-state index is 0.168. The number of hydrogen-bond donors (Lipinski definition) is 0. The number of pyridine rings is 1. The Kier molecular flexibility index (Phi) is 6.77. The predicted octanol–water partition coefficient (Wildman–Crippen LogP) is 11.1. The summed E-state index contributed by atoms with van der Waals surface area (Å²) in [6, 6.07) is 51.1. The lowest BCUT2D eigenvalue weighted by atomic mass is 9.82. The number of aromatic nitrogens is 4. The lowest BCUT2D eigenvalue weighted by Crippen LogP contribution is -2.14. The van der Waals surface area contributed by atoms with Crippen molar-refractivity contribution in [2.45, 2.75) is 19.3 Å². The first-order valence-corrected chi connectivity index (χ1v) is 16.6. The van der Waals surface area contributed by atoms with E-state index in [0.717, 1.165) is 33.4 Å². The van der Waals surface area contributed by atoms with E-state index in [1.54, 1.807) is 6.20 Å². The number of rotatable bonds is 5. The number of benzene rings is 6. The Morgan fingerprint density at radius 2 is 0.980 bits per heavy atom. The molecule has 0 amide bonds. The van der Waals surface area contributed by atoms with Crippen LogP contribution in [0.4, 0.5) is 0 Å². The Morgan fingerprint density at radius 1 is 0.408 bits per heavy atom. The average molecular weight is 629 g/mol. The van der Waals surface area contributed by atoms with Crippen molar-refractivity contribution in [1.29, 1.82) is 0 Å². The van der Waals surface area contributed by atoms with Gasteiger partial charge in [-0.2, -0.15) is 0 Å². The van der Waals surface area contributed by atoms with Gasteiger partial charge in [0.05, 0.1) is 0 Å². The third kappa shape index (κ3) is 4.92. The van der Waals surface area contributed by atoms with E-state index in [-0.39, 0.29) is 5.41 Å². The zero-order valence-corrected chi connectivity index (χ0v) is 27.3. The van der Waals surface area contributed by atoms with Crippen LogP contribution in [0.15, 0.2) is 158 Å². The van der Waals surface area contributed by atoms with Gasteiger partial charge in [-0.05, 0) is 61.3 Å². The highest BCUT2D eigenvalue weighted by molar-refractivity contribution is 6.06. The molecule has 49 heavy (non-hydrogen) atoms. The summed E-state index contributed by atoms with van der Waals surface area (Å²) in [4.78, 5) is 19.8. The van der Waals surface area contributed by atoms with Crippen LogP contribution in [0.1, 0.15) is 25.0 Å². The molecule has 2 aromatic heterocycles. The molecule has 0 saturated carbocycles. The SMILES string of the molecule is CC1(C)c2cccc(-c3nc(-c4ccc(-c5ccccc5)cc4)nc(-c4ccc(-c5cccnc5)cc4)n3)c2-c2c1ccc1ccccc21. The summed E-state index contributed by atoms with van der Waals surface area (Å²) in [6.07, 6.45) is 3.67. The van der Waals surface area contributed by atoms with Crippen molar-refractivity contribution in [2.75, 3.05) is 0 Å². The zero-order valence-electron chi connectivity index (χ0n) is 27.3. The van der Waals surface area contributed by atoms with Crippen molar-refractivity contribution in [3.63, 3.8) is 0 Å². The van der Waals surface area contributed by atoms with Crippen LogP contribution >= 0.6 is 0 Å². The molecular weight excluding hydrogens is 597 g/mol. The molecule has 6 aromatic carbocycles. The van der Waals surface area contributed by atoms with Crippen LogP contribution in [-0.4, -0.2) is 19.9 Å². The summed E-state index contributed by atoms with van der Waals surface area (Å²) in [5.41, 5.74) is 12.3. The maximum atomic E-state index is 5.21. The second-order valence-corrected chi connectivity index (χ2v) is 13.1. The fourth-order valence-corrected chi connectivity index (χ4v) is 7.28. The third-order valence-corrected chi connectivity index (χ3v) is 9.85. The second-order valence-electron chi connectivity index (χ2n) is 13.1. The zero-order chi connectivity index (χ0) is 33.0. The summed E-state index contributed by atoms with van der Waals surface area (Å²) in [5.74, 6) is 1.94. The summed E-state index contributed by atoms with van der Waals surface area (Å²) in [7, 11) is 0. The molecule has 4 nitrogen and oxygen atoms in total. The Balaban J connectivity index is 1.24. The topological polar surface area (TPSA) is 51.6 Å². The summed E-state index contributed by atoms with van der Waals surface area (Å²) in [6.45, 7) is 4.64. The van der Waals surface area contributed by atoms with E-state index in [2.05, 4.69) is 152 Å². The molecule has 232 valence electrons. The van der Waals surface area contributed by atoms with E-state index in [0.29, 0.717) is 17.5 Å². The van der Waals surface area contributed by atoms with E-state index in [1.165, 1.54) is 38.6 Å². The molecule has 0 saturated heterocycles. The molecule has 0 unspecified atom stereocenters. The molecule has 0 fully saturated rings. The van der Waals surface area contributed by atoms with Gasteiger partial charge in [0.25, 0.3) is 0 Å². The highest BCUT2D eigenvalue weighted by Crippen LogP contribution is 2.54. The first-order chi connectivity index (χ1) is 24.0. The Labute approximate surface area is 285 Å². The molecule has 4 heteroatoms. The maximum absolute atomic E-state index is 5.21. The van der Waals surface area contributed by atoms with Gasteiger partial charge in [-0.25, -0.2) is 15.0 Å². The third-order valence-electron chi connectivity index (χ3n) is 9.85. The number of nitrogens with zero attached hydrogens (tertiary/aromatic N) is 4. The molecular formula is C45H32N4. The first kappa shape index (κ1) is 28.9. The summed E-state index contributed by atoms with van der Waals surface area (Å²) >= 11 is 0. The lowest BCUT2D eigenvalue weighted by molar-refractivity contribution is 0.661. The molecule has 2 heterocycles. The molecule has 0 bridgehead atoms. The molecule has 1 aliphatic rings. The lowest BCUT2D eigenvalue weighted by Gasteiger charge is -2.21. The van der Waals surface area contributed by atoms with Crippen LogP contribution in [0.5, 0.6) is 0 Å². The normalized spacial score (nSPS) is 12.9. The van der Waals surface area contributed by atoms with Crippen molar-refractivity contribution < 1.29 is 0 Å². The Bertz CT molecular complexity index is 2380. The fraction of sp³-hybridized carbons (Fsp3) is 0.0667. The molecule has 1 aliphatic carbocycles. The minimum atomic E-state index is -0.168. The van der Waals surface area contributed by atoms with E-state index in [4.69, 9.17) is 15.0 Å². The van der Waals surface area contributed by atoms with Crippen molar-refractivity contribution in [3.8, 4) is 67.5 Å². The highest BCUT2D eigenvalue weighted by atomic mass is 15.0. The van der Waals surface area contributed by atoms with Gasteiger partial charge in [0.15, 0.2) is 17.5 Å². The van der Waals surface area contributed by atoms with Crippen LogP contribution < -0.4 is 0 Å². The van der Waals surface area contributed by atoms with Crippen LogP contribution in [-0.2, 0) is 5.41 Å². The van der Waals surface area contributed by atoms with Gasteiger partial charge in [-0.15, -0.1) is 0 Å². The van der Waals surface area contributed by atoms with Crippen molar-refractivity contribution >= 4 is 10.8 Å². The first-order valence-electron chi connectivity index (χ1n) is 16.6. The molecule has 0 radical (unpaired) electrons. The van der Waals surface area contributed by atoms with E-state index < -0.39 is 0 Å². The summed E-state index contributed by atoms with van der Waals surface area (Å²) < 4.78 is 0. The van der Waals surface area contributed by atoms with E-state index in [1.807, 2.05) is 18.3 Å². The van der Waals surface area contributed by atoms with Crippen LogP contribution in [0.25, 0.3) is 78.3 Å². The molecule has 8 aromatic rings. The van der Waals surface area contributed by atoms with Gasteiger partial charge in [-0.3, -0.25) is 4.98 Å². The van der Waals surface area contributed by atoms with E-state index in [9.17, 15) is 0 Å². The van der Waals surface area contributed by atoms with Crippen LogP contribution in [0.2, 0.25) is 0 Å². The largest absolute Gasteiger partial charge is 0.264 e.